The number of pyridine rings is 1. The van der Waals surface area contributed by atoms with E-state index in [1.807, 2.05) is 31.7 Å². The van der Waals surface area contributed by atoms with Crippen molar-refractivity contribution in [3.05, 3.63) is 48.9 Å². The van der Waals surface area contributed by atoms with Crippen molar-refractivity contribution in [2.24, 2.45) is 13.0 Å². The Labute approximate surface area is 157 Å². The van der Waals surface area contributed by atoms with E-state index >= 15 is 0 Å². The number of rotatable bonds is 6. The number of nitrogens with zero attached hydrogens (tertiary/aromatic N) is 7. The van der Waals surface area contributed by atoms with Crippen LogP contribution in [-0.2, 0) is 20.1 Å². The molecule has 4 rings (SSSR count). The third-order valence-electron chi connectivity index (χ3n) is 4.33. The Hall–Kier alpha value is -3.29. The van der Waals surface area contributed by atoms with Crippen molar-refractivity contribution in [2.75, 3.05) is 5.32 Å². The van der Waals surface area contributed by atoms with Crippen LogP contribution in [-0.4, -0.2) is 34.3 Å². The van der Waals surface area contributed by atoms with Crippen molar-refractivity contribution < 1.29 is 0 Å². The zero-order valence-electron chi connectivity index (χ0n) is 15.7. The first-order chi connectivity index (χ1) is 13.1. The summed E-state index contributed by atoms with van der Waals surface area (Å²) < 4.78 is 3.93. The van der Waals surface area contributed by atoms with E-state index in [0.29, 0.717) is 18.3 Å². The quantitative estimate of drug-likeness (QED) is 0.567. The minimum Gasteiger partial charge on any atom is -0.364 e. The van der Waals surface area contributed by atoms with Gasteiger partial charge in [-0.1, -0.05) is 13.8 Å². The normalized spacial score (nSPS) is 11.4. The molecule has 4 aromatic heterocycles. The van der Waals surface area contributed by atoms with Gasteiger partial charge in [0.1, 0.15) is 5.82 Å². The molecule has 0 aliphatic carbocycles. The predicted molar refractivity (Wildman–Crippen MR) is 104 cm³/mol. The number of anilines is 1. The zero-order chi connectivity index (χ0) is 18.8. The molecule has 8 heteroatoms. The minimum absolute atomic E-state index is 0.556. The molecule has 138 valence electrons. The van der Waals surface area contributed by atoms with Gasteiger partial charge in [-0.15, -0.1) is 0 Å². The van der Waals surface area contributed by atoms with Crippen molar-refractivity contribution in [1.82, 2.24) is 34.3 Å². The molecular weight excluding hydrogens is 340 g/mol. The summed E-state index contributed by atoms with van der Waals surface area (Å²) in [4.78, 5) is 17.8. The lowest BCUT2D eigenvalue weighted by Crippen LogP contribution is -2.11. The molecule has 0 saturated heterocycles. The Morgan fingerprint density at radius 1 is 1.07 bits per heavy atom. The van der Waals surface area contributed by atoms with E-state index in [1.54, 1.807) is 23.3 Å². The van der Waals surface area contributed by atoms with Crippen LogP contribution < -0.4 is 5.32 Å². The van der Waals surface area contributed by atoms with Gasteiger partial charge in [-0.2, -0.15) is 5.10 Å². The van der Waals surface area contributed by atoms with Gasteiger partial charge in [0.05, 0.1) is 30.1 Å². The fourth-order valence-corrected chi connectivity index (χ4v) is 3.01. The lowest BCUT2D eigenvalue weighted by Gasteiger charge is -2.12. The number of hydrogen-bond acceptors (Lipinski definition) is 6. The molecule has 0 aliphatic heterocycles. The van der Waals surface area contributed by atoms with Gasteiger partial charge in [0.2, 0.25) is 0 Å². The van der Waals surface area contributed by atoms with Crippen LogP contribution in [0.3, 0.4) is 0 Å². The standard InChI is InChI=1S/C19H22N8/c1-13(2)11-27-12-21-8-15(27)9-22-18-16-10-23-26(3)19(16)25-17(24-18)14-4-6-20-7-5-14/h4-8,10,12-13H,9,11H2,1-3H3,(H,22,24,25). The molecule has 0 aromatic carbocycles. The number of imidazole rings is 1. The third kappa shape index (κ3) is 3.51. The average molecular weight is 362 g/mol. The van der Waals surface area contributed by atoms with Gasteiger partial charge in [-0.25, -0.2) is 15.0 Å². The topological polar surface area (TPSA) is 86.3 Å². The Kier molecular flexibility index (Phi) is 4.53. The molecule has 8 nitrogen and oxygen atoms in total. The molecule has 0 fully saturated rings. The lowest BCUT2D eigenvalue weighted by atomic mass is 10.2. The maximum atomic E-state index is 4.74. The smallest absolute Gasteiger partial charge is 0.164 e. The molecular formula is C19H22N8. The first-order valence-corrected chi connectivity index (χ1v) is 8.95. The Morgan fingerprint density at radius 3 is 2.67 bits per heavy atom. The minimum atomic E-state index is 0.556. The lowest BCUT2D eigenvalue weighted by molar-refractivity contribution is 0.511. The Bertz CT molecular complexity index is 1050. The van der Waals surface area contributed by atoms with Crippen molar-refractivity contribution in [2.45, 2.75) is 26.9 Å². The highest BCUT2D eigenvalue weighted by atomic mass is 15.3. The van der Waals surface area contributed by atoms with E-state index in [1.165, 1.54) is 0 Å². The van der Waals surface area contributed by atoms with Gasteiger partial charge in [-0.3, -0.25) is 9.67 Å². The van der Waals surface area contributed by atoms with Crippen LogP contribution in [0.15, 0.2) is 43.2 Å². The van der Waals surface area contributed by atoms with Crippen LogP contribution in [0.2, 0.25) is 0 Å². The largest absolute Gasteiger partial charge is 0.364 e. The van der Waals surface area contributed by atoms with Crippen LogP contribution >= 0.6 is 0 Å². The summed E-state index contributed by atoms with van der Waals surface area (Å²) in [5, 5.41) is 8.68. The highest BCUT2D eigenvalue weighted by molar-refractivity contribution is 5.88. The van der Waals surface area contributed by atoms with Gasteiger partial charge >= 0.3 is 0 Å². The second-order valence-corrected chi connectivity index (χ2v) is 6.92. The second kappa shape index (κ2) is 7.14. The number of aromatic nitrogens is 7. The van der Waals surface area contributed by atoms with E-state index in [-0.39, 0.29) is 0 Å². The fourth-order valence-electron chi connectivity index (χ4n) is 3.01. The highest BCUT2D eigenvalue weighted by Gasteiger charge is 2.13. The summed E-state index contributed by atoms with van der Waals surface area (Å²) in [5.74, 6) is 1.96. The molecule has 0 amide bonds. The summed E-state index contributed by atoms with van der Waals surface area (Å²) in [6, 6.07) is 3.80. The van der Waals surface area contributed by atoms with Crippen LogP contribution in [0.1, 0.15) is 19.5 Å². The molecule has 0 aliphatic rings. The number of nitrogens with one attached hydrogen (secondary N) is 1. The van der Waals surface area contributed by atoms with Gasteiger partial charge in [0.15, 0.2) is 11.5 Å². The van der Waals surface area contributed by atoms with Crippen LogP contribution in [0.25, 0.3) is 22.4 Å². The molecule has 4 aromatic rings. The molecule has 0 radical (unpaired) electrons. The van der Waals surface area contributed by atoms with E-state index in [4.69, 9.17) is 4.98 Å². The third-order valence-corrected chi connectivity index (χ3v) is 4.33. The highest BCUT2D eigenvalue weighted by Crippen LogP contribution is 2.24. The molecule has 27 heavy (non-hydrogen) atoms. The maximum Gasteiger partial charge on any atom is 0.164 e. The van der Waals surface area contributed by atoms with E-state index in [0.717, 1.165) is 34.7 Å². The van der Waals surface area contributed by atoms with Crippen LogP contribution in [0, 0.1) is 5.92 Å². The molecule has 0 saturated carbocycles. The molecule has 4 heterocycles. The monoisotopic (exact) mass is 362 g/mol. The zero-order valence-corrected chi connectivity index (χ0v) is 15.7. The van der Waals surface area contributed by atoms with Gasteiger partial charge in [0.25, 0.3) is 0 Å². The molecule has 0 unspecified atom stereocenters. The fraction of sp³-hybridized carbons (Fsp3) is 0.316. The van der Waals surface area contributed by atoms with Crippen molar-refractivity contribution in [1.29, 1.82) is 0 Å². The summed E-state index contributed by atoms with van der Waals surface area (Å²) in [7, 11) is 1.88. The van der Waals surface area contributed by atoms with Gasteiger partial charge in [-0.05, 0) is 18.1 Å². The molecule has 0 bridgehead atoms. The number of hydrogen-bond donors (Lipinski definition) is 1. The predicted octanol–water partition coefficient (Wildman–Crippen LogP) is 2.89. The van der Waals surface area contributed by atoms with Crippen LogP contribution in [0.4, 0.5) is 5.82 Å². The first kappa shape index (κ1) is 17.1. The summed E-state index contributed by atoms with van der Waals surface area (Å²) >= 11 is 0. The Balaban J connectivity index is 1.68. The van der Waals surface area contributed by atoms with Gasteiger partial charge in [0, 0.05) is 37.7 Å². The van der Waals surface area contributed by atoms with E-state index in [9.17, 15) is 0 Å². The summed E-state index contributed by atoms with van der Waals surface area (Å²) in [5.41, 5.74) is 2.82. The molecule has 0 spiro atoms. The summed E-state index contributed by atoms with van der Waals surface area (Å²) in [6.07, 6.45) is 9.03. The van der Waals surface area contributed by atoms with Crippen LogP contribution in [0.5, 0.6) is 0 Å². The van der Waals surface area contributed by atoms with Gasteiger partial charge < -0.3 is 9.88 Å². The van der Waals surface area contributed by atoms with Crippen molar-refractivity contribution in [3.8, 4) is 11.4 Å². The number of aryl methyl sites for hydroxylation is 1. The van der Waals surface area contributed by atoms with Crippen molar-refractivity contribution in [3.63, 3.8) is 0 Å². The summed E-state index contributed by atoms with van der Waals surface area (Å²) in [6.45, 7) is 5.96. The SMILES string of the molecule is CC(C)Cn1cncc1CNc1nc(-c2ccncc2)nc2c1cnn2C. The average Bonchev–Trinajstić information content (AvgIpc) is 3.26. The van der Waals surface area contributed by atoms with Crippen molar-refractivity contribution >= 4 is 16.9 Å². The maximum absolute atomic E-state index is 4.74. The molecule has 0 atom stereocenters. The number of fused-ring (bicyclic) bond motifs is 1. The van der Waals surface area contributed by atoms with E-state index < -0.39 is 0 Å². The Morgan fingerprint density at radius 2 is 1.89 bits per heavy atom. The molecule has 1 N–H and O–H groups in total. The second-order valence-electron chi connectivity index (χ2n) is 6.92. The van der Waals surface area contributed by atoms with E-state index in [2.05, 4.69) is 43.8 Å². The first-order valence-electron chi connectivity index (χ1n) is 8.95.